The van der Waals surface area contributed by atoms with Gasteiger partial charge in [-0.05, 0) is 48.1 Å². The number of carbonyl (C=O) groups excluding carboxylic acids is 1. The second-order valence-corrected chi connectivity index (χ2v) is 8.58. The predicted molar refractivity (Wildman–Crippen MR) is 121 cm³/mol. The van der Waals surface area contributed by atoms with Crippen LogP contribution in [-0.2, 0) is 4.79 Å². The second-order valence-electron chi connectivity index (χ2n) is 8.58. The molecule has 2 aromatic carbocycles. The SMILES string of the molecule is O=C(CN1CC=C(c2ccccc2)CC1)N1CCC[C@H]1c1ccc2c(c1)OCCCO2. The van der Waals surface area contributed by atoms with Crippen LogP contribution in [0, 0.1) is 0 Å². The standard InChI is InChI=1S/C26H30N2O3/c29-26(19-27-14-11-21(12-15-27)20-6-2-1-3-7-20)28-13-4-8-23(28)22-9-10-24-25(18-22)31-17-5-16-30-24/h1-3,6-7,9-11,18,23H,4-5,8,12-17,19H2/t23-/m0/s1. The van der Waals surface area contributed by atoms with Crippen molar-refractivity contribution in [2.24, 2.45) is 0 Å². The summed E-state index contributed by atoms with van der Waals surface area (Å²) < 4.78 is 11.6. The zero-order valence-electron chi connectivity index (χ0n) is 18.0. The summed E-state index contributed by atoms with van der Waals surface area (Å²) in [6, 6.07) is 16.8. The number of carbonyl (C=O) groups is 1. The van der Waals surface area contributed by atoms with Gasteiger partial charge in [0.1, 0.15) is 0 Å². The molecule has 1 saturated heterocycles. The molecule has 5 nitrogen and oxygen atoms in total. The van der Waals surface area contributed by atoms with Gasteiger partial charge in [0.15, 0.2) is 11.5 Å². The minimum Gasteiger partial charge on any atom is -0.490 e. The molecule has 1 atom stereocenters. The zero-order valence-corrected chi connectivity index (χ0v) is 18.0. The van der Waals surface area contributed by atoms with Crippen LogP contribution in [0.5, 0.6) is 11.5 Å². The lowest BCUT2D eigenvalue weighted by Gasteiger charge is -2.30. The number of rotatable bonds is 4. The molecular formula is C26H30N2O3. The maximum atomic E-state index is 13.2. The summed E-state index contributed by atoms with van der Waals surface area (Å²) in [7, 11) is 0. The topological polar surface area (TPSA) is 42.0 Å². The van der Waals surface area contributed by atoms with E-state index in [4.69, 9.17) is 9.47 Å². The average Bonchev–Trinajstić information content (AvgIpc) is 3.19. The van der Waals surface area contributed by atoms with Crippen molar-refractivity contribution in [3.8, 4) is 11.5 Å². The summed E-state index contributed by atoms with van der Waals surface area (Å²) in [5, 5.41) is 0. The van der Waals surface area contributed by atoms with Crippen LogP contribution in [0.3, 0.4) is 0 Å². The van der Waals surface area contributed by atoms with Crippen LogP contribution in [0.25, 0.3) is 5.57 Å². The lowest BCUT2D eigenvalue weighted by molar-refractivity contribution is -0.133. The van der Waals surface area contributed by atoms with Crippen molar-refractivity contribution in [1.29, 1.82) is 0 Å². The van der Waals surface area contributed by atoms with Gasteiger partial charge >= 0.3 is 0 Å². The van der Waals surface area contributed by atoms with Gasteiger partial charge in [-0.2, -0.15) is 0 Å². The molecule has 1 amide bonds. The highest BCUT2D eigenvalue weighted by atomic mass is 16.5. The van der Waals surface area contributed by atoms with Gasteiger partial charge in [0.05, 0.1) is 25.8 Å². The summed E-state index contributed by atoms with van der Waals surface area (Å²) in [4.78, 5) is 17.5. The Kier molecular flexibility index (Phi) is 5.94. The van der Waals surface area contributed by atoms with Crippen molar-refractivity contribution in [2.75, 3.05) is 39.4 Å². The van der Waals surface area contributed by atoms with E-state index in [0.717, 1.165) is 62.4 Å². The maximum absolute atomic E-state index is 13.2. The van der Waals surface area contributed by atoms with Gasteiger partial charge in [0, 0.05) is 26.1 Å². The van der Waals surface area contributed by atoms with E-state index in [0.29, 0.717) is 19.8 Å². The average molecular weight is 419 g/mol. The minimum absolute atomic E-state index is 0.130. The van der Waals surface area contributed by atoms with Crippen LogP contribution < -0.4 is 9.47 Å². The van der Waals surface area contributed by atoms with Gasteiger partial charge in [-0.15, -0.1) is 0 Å². The monoisotopic (exact) mass is 418 g/mol. The van der Waals surface area contributed by atoms with E-state index in [9.17, 15) is 4.79 Å². The van der Waals surface area contributed by atoms with Gasteiger partial charge in [-0.1, -0.05) is 42.5 Å². The summed E-state index contributed by atoms with van der Waals surface area (Å²) >= 11 is 0. The molecule has 2 aromatic rings. The Morgan fingerprint density at radius 3 is 2.61 bits per heavy atom. The highest BCUT2D eigenvalue weighted by Crippen LogP contribution is 2.38. The number of nitrogens with zero attached hydrogens (tertiary/aromatic N) is 2. The summed E-state index contributed by atoms with van der Waals surface area (Å²) in [6.07, 6.45) is 6.21. The van der Waals surface area contributed by atoms with Crippen molar-refractivity contribution in [2.45, 2.75) is 31.7 Å². The van der Waals surface area contributed by atoms with Crippen LogP contribution in [0.1, 0.15) is 42.9 Å². The van der Waals surface area contributed by atoms with Crippen LogP contribution in [-0.4, -0.2) is 55.1 Å². The van der Waals surface area contributed by atoms with Crippen molar-refractivity contribution < 1.29 is 14.3 Å². The van der Waals surface area contributed by atoms with E-state index in [1.165, 1.54) is 11.1 Å². The number of benzene rings is 2. The third kappa shape index (κ3) is 4.47. The first-order valence-electron chi connectivity index (χ1n) is 11.4. The van der Waals surface area contributed by atoms with Gasteiger partial charge in [-0.25, -0.2) is 0 Å². The van der Waals surface area contributed by atoms with Gasteiger partial charge in [-0.3, -0.25) is 9.69 Å². The van der Waals surface area contributed by atoms with Crippen LogP contribution >= 0.6 is 0 Å². The summed E-state index contributed by atoms with van der Waals surface area (Å²) in [6.45, 7) is 4.44. The van der Waals surface area contributed by atoms with Crippen LogP contribution in [0.4, 0.5) is 0 Å². The highest BCUT2D eigenvalue weighted by Gasteiger charge is 2.31. The van der Waals surface area contributed by atoms with Crippen molar-refractivity contribution >= 4 is 11.5 Å². The molecular weight excluding hydrogens is 388 g/mol. The van der Waals surface area contributed by atoms with Crippen LogP contribution in [0.2, 0.25) is 0 Å². The molecule has 162 valence electrons. The molecule has 0 aliphatic carbocycles. The normalized spacial score (nSPS) is 21.5. The molecule has 31 heavy (non-hydrogen) atoms. The minimum atomic E-state index is 0.130. The Bertz CT molecular complexity index is 956. The van der Waals surface area contributed by atoms with Crippen molar-refractivity contribution in [3.63, 3.8) is 0 Å². The zero-order chi connectivity index (χ0) is 21.0. The molecule has 0 bridgehead atoms. The molecule has 5 rings (SSSR count). The third-order valence-electron chi connectivity index (χ3n) is 6.53. The molecule has 0 unspecified atom stereocenters. The molecule has 0 aromatic heterocycles. The van der Waals surface area contributed by atoms with E-state index in [-0.39, 0.29) is 11.9 Å². The van der Waals surface area contributed by atoms with Crippen LogP contribution in [0.15, 0.2) is 54.6 Å². The maximum Gasteiger partial charge on any atom is 0.237 e. The number of fused-ring (bicyclic) bond motifs is 1. The van der Waals surface area contributed by atoms with E-state index in [2.05, 4.69) is 52.3 Å². The second kappa shape index (κ2) is 9.15. The van der Waals surface area contributed by atoms with E-state index in [1.54, 1.807) is 0 Å². The highest BCUT2D eigenvalue weighted by molar-refractivity contribution is 5.79. The Hall–Kier alpha value is -2.79. The van der Waals surface area contributed by atoms with Gasteiger partial charge < -0.3 is 14.4 Å². The fourth-order valence-electron chi connectivity index (χ4n) is 4.85. The number of likely N-dealkylation sites (tertiary alicyclic amines) is 1. The number of ether oxygens (including phenoxy) is 2. The van der Waals surface area contributed by atoms with E-state index in [1.807, 2.05) is 12.1 Å². The molecule has 3 aliphatic heterocycles. The lowest BCUT2D eigenvalue weighted by Crippen LogP contribution is -2.41. The molecule has 0 spiro atoms. The predicted octanol–water partition coefficient (Wildman–Crippen LogP) is 4.30. The fraction of sp³-hybridized carbons (Fsp3) is 0.423. The van der Waals surface area contributed by atoms with Gasteiger partial charge in [0.25, 0.3) is 0 Å². The van der Waals surface area contributed by atoms with Gasteiger partial charge in [0.2, 0.25) is 5.91 Å². The smallest absolute Gasteiger partial charge is 0.237 e. The third-order valence-corrected chi connectivity index (χ3v) is 6.53. The summed E-state index contributed by atoms with van der Waals surface area (Å²) in [5.74, 6) is 1.85. The van der Waals surface area contributed by atoms with E-state index < -0.39 is 0 Å². The molecule has 3 heterocycles. The number of amides is 1. The lowest BCUT2D eigenvalue weighted by atomic mass is 9.99. The number of hydrogen-bond acceptors (Lipinski definition) is 4. The Balaban J connectivity index is 1.24. The molecule has 5 heteroatoms. The fourth-order valence-corrected chi connectivity index (χ4v) is 4.85. The number of hydrogen-bond donors (Lipinski definition) is 0. The van der Waals surface area contributed by atoms with Crippen molar-refractivity contribution in [1.82, 2.24) is 9.80 Å². The summed E-state index contributed by atoms with van der Waals surface area (Å²) in [5.41, 5.74) is 3.83. The first-order valence-corrected chi connectivity index (χ1v) is 11.4. The Morgan fingerprint density at radius 2 is 1.81 bits per heavy atom. The molecule has 3 aliphatic rings. The van der Waals surface area contributed by atoms with Crippen molar-refractivity contribution in [3.05, 3.63) is 65.7 Å². The van der Waals surface area contributed by atoms with E-state index >= 15 is 0 Å². The Morgan fingerprint density at radius 1 is 0.968 bits per heavy atom. The first-order chi connectivity index (χ1) is 15.3. The molecule has 0 saturated carbocycles. The molecule has 1 fully saturated rings. The largest absolute Gasteiger partial charge is 0.490 e. The molecule has 0 radical (unpaired) electrons. The molecule has 0 N–H and O–H groups in total. The quantitative estimate of drug-likeness (QED) is 0.742. The Labute approximate surface area is 184 Å². The first kappa shape index (κ1) is 20.1.